The number of rotatable bonds is 13. The summed E-state index contributed by atoms with van der Waals surface area (Å²) < 4.78 is 11.3. The summed E-state index contributed by atoms with van der Waals surface area (Å²) in [5, 5.41) is 8.63. The number of hydrogen-bond acceptors (Lipinski definition) is 6. The predicted molar refractivity (Wildman–Crippen MR) is 201 cm³/mol. The van der Waals surface area contributed by atoms with Crippen LogP contribution in [0.3, 0.4) is 0 Å². The Labute approximate surface area is 300 Å². The first-order valence-corrected chi connectivity index (χ1v) is 17.0. The van der Waals surface area contributed by atoms with E-state index in [0.717, 1.165) is 16.0 Å². The van der Waals surface area contributed by atoms with E-state index in [1.54, 1.807) is 67.6 Å². The first-order valence-electron chi connectivity index (χ1n) is 15.8. The van der Waals surface area contributed by atoms with E-state index in [1.165, 1.54) is 18.9 Å². The van der Waals surface area contributed by atoms with Gasteiger partial charge in [0.05, 0.1) is 18.0 Å². The van der Waals surface area contributed by atoms with E-state index in [-0.39, 0.29) is 11.6 Å². The Morgan fingerprint density at radius 3 is 2.24 bits per heavy atom. The number of methoxy groups -OCH3 is 1. The molecule has 3 N–H and O–H groups in total. The van der Waals surface area contributed by atoms with E-state index in [0.29, 0.717) is 45.6 Å². The summed E-state index contributed by atoms with van der Waals surface area (Å²) in [5.74, 6) is -0.0329. The molecule has 0 bridgehead atoms. The highest BCUT2D eigenvalue weighted by atomic mass is 35.5. The number of hydrogen-bond donors (Lipinski definition) is 3. The average Bonchev–Trinajstić information content (AvgIpc) is 3.13. The van der Waals surface area contributed by atoms with Gasteiger partial charge in [-0.15, -0.1) is 11.8 Å². The van der Waals surface area contributed by atoms with Crippen molar-refractivity contribution in [2.24, 2.45) is 0 Å². The third-order valence-corrected chi connectivity index (χ3v) is 8.98. The quantitative estimate of drug-likeness (QED) is 0.0836. The number of aryl methyl sites for hydroxylation is 1. The minimum atomic E-state index is -0.517. The lowest BCUT2D eigenvalue weighted by molar-refractivity contribution is -0.115. The number of thioether (sulfide) groups is 1. The Morgan fingerprint density at radius 2 is 1.54 bits per heavy atom. The number of amides is 3. The Bertz CT molecular complexity index is 1990. The van der Waals surface area contributed by atoms with E-state index in [1.807, 2.05) is 73.7 Å². The minimum absolute atomic E-state index is 0.0508. The molecule has 0 aliphatic rings. The van der Waals surface area contributed by atoms with Crippen LogP contribution in [0.4, 0.5) is 11.4 Å². The van der Waals surface area contributed by atoms with Crippen molar-refractivity contribution in [3.63, 3.8) is 0 Å². The second-order valence-corrected chi connectivity index (χ2v) is 13.1. The maximum Gasteiger partial charge on any atom is 0.272 e. The molecule has 3 amide bonds. The van der Waals surface area contributed by atoms with Crippen LogP contribution in [0, 0.1) is 6.92 Å². The summed E-state index contributed by atoms with van der Waals surface area (Å²) in [6.07, 6.45) is 1.61. The van der Waals surface area contributed by atoms with Crippen LogP contribution in [0.25, 0.3) is 6.08 Å². The van der Waals surface area contributed by atoms with Gasteiger partial charge >= 0.3 is 0 Å². The Morgan fingerprint density at radius 1 is 0.840 bits per heavy atom. The van der Waals surface area contributed by atoms with Gasteiger partial charge in [-0.1, -0.05) is 78.3 Å². The van der Waals surface area contributed by atoms with Crippen molar-refractivity contribution in [1.82, 2.24) is 5.32 Å². The van der Waals surface area contributed by atoms with Crippen molar-refractivity contribution in [1.29, 1.82) is 0 Å². The van der Waals surface area contributed by atoms with Gasteiger partial charge < -0.3 is 25.4 Å². The maximum atomic E-state index is 13.7. The summed E-state index contributed by atoms with van der Waals surface area (Å²) in [6.45, 7) is 4.06. The highest BCUT2D eigenvalue weighted by Gasteiger charge is 2.19. The van der Waals surface area contributed by atoms with Crippen molar-refractivity contribution in [3.05, 3.63) is 154 Å². The molecule has 5 rings (SSSR count). The van der Waals surface area contributed by atoms with Gasteiger partial charge in [0.1, 0.15) is 23.8 Å². The van der Waals surface area contributed by atoms with Gasteiger partial charge in [0, 0.05) is 27.2 Å². The molecule has 5 aromatic rings. The van der Waals surface area contributed by atoms with Crippen LogP contribution in [0.1, 0.15) is 34.0 Å². The lowest BCUT2D eigenvalue weighted by atomic mass is 10.1. The minimum Gasteiger partial charge on any atom is -0.495 e. The van der Waals surface area contributed by atoms with E-state index in [4.69, 9.17) is 21.1 Å². The molecule has 0 aliphatic heterocycles. The summed E-state index contributed by atoms with van der Waals surface area (Å²) in [7, 11) is 1.52. The molecule has 0 spiro atoms. The fourth-order valence-corrected chi connectivity index (χ4v) is 5.86. The SMILES string of the molecule is COc1cc(Cl)c(C)cc1NC(=O)C(C)Sc1cccc(NC(=O)/C(=C\c2ccc(OCc3ccccc3)cc2)NC(=O)c2ccccc2)c1. The topological polar surface area (TPSA) is 106 Å². The zero-order chi connectivity index (χ0) is 35.5. The van der Waals surface area contributed by atoms with Crippen molar-refractivity contribution in [3.8, 4) is 11.5 Å². The summed E-state index contributed by atoms with van der Waals surface area (Å²) in [4.78, 5) is 40.6. The van der Waals surface area contributed by atoms with Crippen LogP contribution in [-0.2, 0) is 16.2 Å². The number of ether oxygens (including phenoxy) is 2. The zero-order valence-corrected chi connectivity index (χ0v) is 29.3. The maximum absolute atomic E-state index is 13.7. The average molecular weight is 706 g/mol. The molecule has 0 saturated heterocycles. The molecule has 8 nitrogen and oxygen atoms in total. The van der Waals surface area contributed by atoms with Gasteiger partial charge in [0.25, 0.3) is 11.8 Å². The standard InChI is InChI=1S/C40H36ClN3O5S/c1-26-21-35(37(48-3)24-34(26)41)43-38(45)27(2)50-33-16-10-15-31(23-33)42-40(47)36(44-39(46)30-13-8-5-9-14-30)22-28-17-19-32(20-18-28)49-25-29-11-6-4-7-12-29/h4-24,27H,25H2,1-3H3,(H,42,47)(H,43,45)(H,44,46)/b36-22+. The number of carbonyl (C=O) groups excluding carboxylic acids is 3. The van der Waals surface area contributed by atoms with Crippen molar-refractivity contribution in [2.75, 3.05) is 17.7 Å². The summed E-state index contributed by atoms with van der Waals surface area (Å²) in [5.41, 5.74) is 4.03. The van der Waals surface area contributed by atoms with Gasteiger partial charge in [-0.2, -0.15) is 0 Å². The van der Waals surface area contributed by atoms with Crippen LogP contribution >= 0.6 is 23.4 Å². The normalized spacial score (nSPS) is 11.6. The highest BCUT2D eigenvalue weighted by Crippen LogP contribution is 2.32. The van der Waals surface area contributed by atoms with E-state index < -0.39 is 17.1 Å². The molecule has 10 heteroatoms. The van der Waals surface area contributed by atoms with Crippen molar-refractivity contribution in [2.45, 2.75) is 30.6 Å². The fourth-order valence-electron chi connectivity index (χ4n) is 4.78. The molecular weight excluding hydrogens is 670 g/mol. The van der Waals surface area contributed by atoms with Crippen LogP contribution in [-0.4, -0.2) is 30.1 Å². The first-order chi connectivity index (χ1) is 24.2. The van der Waals surface area contributed by atoms with Crippen LogP contribution in [0.15, 0.2) is 132 Å². The Balaban J connectivity index is 1.29. The van der Waals surface area contributed by atoms with Crippen LogP contribution < -0.4 is 25.4 Å². The number of carbonyl (C=O) groups is 3. The molecule has 0 aromatic heterocycles. The molecule has 5 aromatic carbocycles. The zero-order valence-electron chi connectivity index (χ0n) is 27.7. The lowest BCUT2D eigenvalue weighted by Crippen LogP contribution is -2.30. The van der Waals surface area contributed by atoms with E-state index in [2.05, 4.69) is 16.0 Å². The van der Waals surface area contributed by atoms with Crippen LogP contribution in [0.2, 0.25) is 5.02 Å². The molecule has 0 aliphatic carbocycles. The van der Waals surface area contributed by atoms with Crippen molar-refractivity contribution < 1.29 is 23.9 Å². The van der Waals surface area contributed by atoms with Gasteiger partial charge in [-0.05, 0) is 85.1 Å². The van der Waals surface area contributed by atoms with Crippen molar-refractivity contribution >= 4 is 58.5 Å². The predicted octanol–water partition coefficient (Wildman–Crippen LogP) is 8.76. The number of benzene rings is 5. The smallest absolute Gasteiger partial charge is 0.272 e. The Hall–Kier alpha value is -5.51. The molecule has 0 fully saturated rings. The van der Waals surface area contributed by atoms with Gasteiger partial charge in [0.15, 0.2) is 0 Å². The fraction of sp³-hybridized carbons (Fsp3) is 0.125. The largest absolute Gasteiger partial charge is 0.495 e. The first kappa shape index (κ1) is 35.8. The second-order valence-electron chi connectivity index (χ2n) is 11.3. The number of nitrogens with one attached hydrogen (secondary N) is 3. The third kappa shape index (κ3) is 10.0. The lowest BCUT2D eigenvalue weighted by Gasteiger charge is -2.16. The molecule has 0 radical (unpaired) electrons. The molecule has 0 saturated carbocycles. The Kier molecular flexibility index (Phi) is 12.3. The summed E-state index contributed by atoms with van der Waals surface area (Å²) >= 11 is 7.54. The molecule has 254 valence electrons. The third-order valence-electron chi connectivity index (χ3n) is 7.48. The van der Waals surface area contributed by atoms with Gasteiger partial charge in [0.2, 0.25) is 5.91 Å². The summed E-state index contributed by atoms with van der Waals surface area (Å²) in [6, 6.07) is 36.3. The van der Waals surface area contributed by atoms with Gasteiger partial charge in [-0.25, -0.2) is 0 Å². The molecule has 1 unspecified atom stereocenters. The number of anilines is 2. The van der Waals surface area contributed by atoms with Crippen LogP contribution in [0.5, 0.6) is 11.5 Å². The molecular formula is C40H36ClN3O5S. The monoisotopic (exact) mass is 705 g/mol. The molecule has 1 atom stereocenters. The molecule has 0 heterocycles. The highest BCUT2D eigenvalue weighted by molar-refractivity contribution is 8.00. The second kappa shape index (κ2) is 17.2. The van der Waals surface area contributed by atoms with Gasteiger partial charge in [-0.3, -0.25) is 14.4 Å². The molecule has 50 heavy (non-hydrogen) atoms. The number of halogens is 1. The van der Waals surface area contributed by atoms with E-state index in [9.17, 15) is 14.4 Å². The van der Waals surface area contributed by atoms with E-state index >= 15 is 0 Å².